The summed E-state index contributed by atoms with van der Waals surface area (Å²) in [5, 5.41) is 0. The Kier molecular flexibility index (Phi) is 49.7. The lowest BCUT2D eigenvalue weighted by Gasteiger charge is -2.18. The maximum atomic E-state index is 12.8. The number of allylic oxidation sites excluding steroid dienone is 26. The summed E-state index contributed by atoms with van der Waals surface area (Å²) < 4.78 is 16.7. The first kappa shape index (κ1) is 62.0. The van der Waals surface area contributed by atoms with Gasteiger partial charge in [-0.3, -0.25) is 14.4 Å². The van der Waals surface area contributed by atoms with Gasteiger partial charge in [0.1, 0.15) is 13.2 Å². The fourth-order valence-electron chi connectivity index (χ4n) is 6.27. The van der Waals surface area contributed by atoms with Crippen molar-refractivity contribution in [1.29, 1.82) is 0 Å². The smallest absolute Gasteiger partial charge is 0.306 e. The largest absolute Gasteiger partial charge is 0.462 e. The second-order valence-corrected chi connectivity index (χ2v) is 16.3. The Balaban J connectivity index is 4.60. The molecule has 0 radical (unpaired) electrons. The first-order valence-electron chi connectivity index (χ1n) is 26.0. The van der Waals surface area contributed by atoms with Gasteiger partial charge in [0.05, 0.1) is 0 Å². The molecule has 6 nitrogen and oxygen atoms in total. The standard InChI is InChI=1S/C61H92O6/c1-4-7-10-13-16-19-22-25-27-29-30-32-33-36-39-42-45-48-51-54-60(63)66-57-58(56-65-59(62)53-50-47-44-41-38-35-24-21-18-15-12-9-6-3)67-61(64)55-52-49-46-43-40-37-34-31-28-26-23-20-17-14-11-8-5-2/h7-12,15-21,24-28,30,32,34,36-37,39,43,46,58H,4-6,13-14,22-23,29,31,33,35,38,40-42,44-45,47-57H2,1-3H3/b10-7+,11-8+,12-9+,18-15+,19-16+,20-17+,24-21+,27-25+,28-26+,32-30+,37-34+,39-36+,46-43+. The molecule has 0 aliphatic carbocycles. The number of carbonyl (C=O) groups excluding carboxylic acids is 3. The van der Waals surface area contributed by atoms with Crippen molar-refractivity contribution in [2.24, 2.45) is 0 Å². The van der Waals surface area contributed by atoms with Crippen molar-refractivity contribution in [2.45, 2.75) is 194 Å². The average molecular weight is 921 g/mol. The Morgan fingerprint density at radius 3 is 1.06 bits per heavy atom. The van der Waals surface area contributed by atoms with E-state index < -0.39 is 12.1 Å². The molecule has 0 heterocycles. The predicted octanol–water partition coefficient (Wildman–Crippen LogP) is 17.4. The molecule has 0 aromatic carbocycles. The minimum atomic E-state index is -0.838. The molecule has 372 valence electrons. The predicted molar refractivity (Wildman–Crippen MR) is 288 cm³/mol. The van der Waals surface area contributed by atoms with E-state index in [-0.39, 0.29) is 31.6 Å². The van der Waals surface area contributed by atoms with E-state index in [4.69, 9.17) is 14.2 Å². The molecule has 0 amide bonds. The lowest BCUT2D eigenvalue weighted by molar-refractivity contribution is -0.167. The summed E-state index contributed by atoms with van der Waals surface area (Å²) in [5.41, 5.74) is 0. The summed E-state index contributed by atoms with van der Waals surface area (Å²) in [4.78, 5) is 38.0. The number of hydrogen-bond acceptors (Lipinski definition) is 6. The first-order chi connectivity index (χ1) is 33.0. The zero-order chi connectivity index (χ0) is 48.6. The Hall–Kier alpha value is -4.97. The molecule has 1 unspecified atom stereocenters. The monoisotopic (exact) mass is 921 g/mol. The number of ether oxygens (including phenoxy) is 3. The molecule has 0 aliphatic heterocycles. The molecule has 0 aliphatic rings. The van der Waals surface area contributed by atoms with Gasteiger partial charge in [-0.2, -0.15) is 0 Å². The van der Waals surface area contributed by atoms with Crippen LogP contribution in [0.4, 0.5) is 0 Å². The van der Waals surface area contributed by atoms with E-state index in [1.807, 2.05) is 6.08 Å². The molecule has 6 heteroatoms. The van der Waals surface area contributed by atoms with Crippen LogP contribution in [0.5, 0.6) is 0 Å². The van der Waals surface area contributed by atoms with Gasteiger partial charge >= 0.3 is 17.9 Å². The van der Waals surface area contributed by atoms with Gasteiger partial charge in [0, 0.05) is 19.3 Å². The average Bonchev–Trinajstić information content (AvgIpc) is 3.33. The second kappa shape index (κ2) is 53.6. The van der Waals surface area contributed by atoms with Crippen LogP contribution in [0.15, 0.2) is 158 Å². The third-order valence-corrected chi connectivity index (χ3v) is 10.1. The van der Waals surface area contributed by atoms with Crippen LogP contribution in [0.1, 0.15) is 188 Å². The number of unbranched alkanes of at least 4 members (excludes halogenated alkanes) is 9. The van der Waals surface area contributed by atoms with Gasteiger partial charge in [0.2, 0.25) is 0 Å². The molecule has 0 fully saturated rings. The molecule has 0 aromatic rings. The van der Waals surface area contributed by atoms with Crippen molar-refractivity contribution in [1.82, 2.24) is 0 Å². The zero-order valence-electron chi connectivity index (χ0n) is 42.3. The lowest BCUT2D eigenvalue weighted by Crippen LogP contribution is -2.30. The van der Waals surface area contributed by atoms with Crippen LogP contribution in [-0.2, 0) is 28.6 Å². The van der Waals surface area contributed by atoms with Gasteiger partial charge in [0.25, 0.3) is 0 Å². The van der Waals surface area contributed by atoms with E-state index in [1.54, 1.807) is 0 Å². The van der Waals surface area contributed by atoms with Gasteiger partial charge in [0.15, 0.2) is 6.10 Å². The minimum Gasteiger partial charge on any atom is -0.462 e. The van der Waals surface area contributed by atoms with Crippen molar-refractivity contribution in [2.75, 3.05) is 13.2 Å². The van der Waals surface area contributed by atoms with Crippen LogP contribution in [0, 0.1) is 0 Å². The third kappa shape index (κ3) is 51.9. The fraction of sp³-hybridized carbons (Fsp3) is 0.525. The Bertz CT molecular complexity index is 1570. The number of carbonyl (C=O) groups is 3. The maximum Gasteiger partial charge on any atom is 0.306 e. The second-order valence-electron chi connectivity index (χ2n) is 16.3. The molecule has 0 spiro atoms. The van der Waals surface area contributed by atoms with Crippen molar-refractivity contribution >= 4 is 17.9 Å². The number of rotatable bonds is 44. The summed E-state index contributed by atoms with van der Waals surface area (Å²) >= 11 is 0. The minimum absolute atomic E-state index is 0.130. The van der Waals surface area contributed by atoms with Gasteiger partial charge in [-0.05, 0) is 122 Å². The Labute approximate surface area is 409 Å². The van der Waals surface area contributed by atoms with Crippen LogP contribution in [0.3, 0.4) is 0 Å². The summed E-state index contributed by atoms with van der Waals surface area (Å²) in [6.45, 7) is 6.15. The number of esters is 3. The van der Waals surface area contributed by atoms with E-state index in [0.29, 0.717) is 19.3 Å². The van der Waals surface area contributed by atoms with Crippen LogP contribution < -0.4 is 0 Å². The molecule has 0 rings (SSSR count). The van der Waals surface area contributed by atoms with Gasteiger partial charge in [-0.25, -0.2) is 0 Å². The van der Waals surface area contributed by atoms with E-state index in [0.717, 1.165) is 141 Å². The first-order valence-corrected chi connectivity index (χ1v) is 26.0. The van der Waals surface area contributed by atoms with Crippen molar-refractivity contribution in [3.05, 3.63) is 158 Å². The van der Waals surface area contributed by atoms with E-state index in [9.17, 15) is 14.4 Å². The highest BCUT2D eigenvalue weighted by atomic mass is 16.6. The molecule has 0 bridgehead atoms. The lowest BCUT2D eigenvalue weighted by atomic mass is 10.1. The molecule has 1 atom stereocenters. The SMILES string of the molecule is CC/C=C/C=C/C=C/CCCCCCCC(=O)OCC(COC(=O)CCCCC/C=C/C/C=C/C/C=C/C/C=C/C/C=C/CC)OC(=O)CCC/C=C/C/C=C/C/C=C/C/C=C/C/C=C/CC. The molecule has 67 heavy (non-hydrogen) atoms. The number of hydrogen-bond donors (Lipinski definition) is 0. The van der Waals surface area contributed by atoms with E-state index >= 15 is 0 Å². The summed E-state index contributed by atoms with van der Waals surface area (Å²) in [7, 11) is 0. The van der Waals surface area contributed by atoms with Gasteiger partial charge in [-0.1, -0.05) is 204 Å². The molecule has 0 saturated heterocycles. The van der Waals surface area contributed by atoms with Crippen LogP contribution in [0.2, 0.25) is 0 Å². The molecule has 0 N–H and O–H groups in total. The highest BCUT2D eigenvalue weighted by molar-refractivity contribution is 5.71. The summed E-state index contributed by atoms with van der Waals surface area (Å²) in [5.74, 6) is -1.06. The topological polar surface area (TPSA) is 78.9 Å². The van der Waals surface area contributed by atoms with Crippen LogP contribution in [-0.4, -0.2) is 37.2 Å². The fourth-order valence-corrected chi connectivity index (χ4v) is 6.27. The summed E-state index contributed by atoms with van der Waals surface area (Å²) in [6.07, 6.45) is 78.0. The maximum absolute atomic E-state index is 12.8. The Morgan fingerprint density at radius 1 is 0.313 bits per heavy atom. The van der Waals surface area contributed by atoms with Crippen LogP contribution >= 0.6 is 0 Å². The molecular formula is C61H92O6. The van der Waals surface area contributed by atoms with E-state index in [1.165, 1.54) is 0 Å². The highest BCUT2D eigenvalue weighted by Crippen LogP contribution is 2.11. The van der Waals surface area contributed by atoms with Gasteiger partial charge in [-0.15, -0.1) is 0 Å². The third-order valence-electron chi connectivity index (χ3n) is 10.1. The summed E-state index contributed by atoms with van der Waals surface area (Å²) in [6, 6.07) is 0. The quantitative estimate of drug-likeness (QED) is 0.0199. The Morgan fingerprint density at radius 2 is 0.627 bits per heavy atom. The van der Waals surface area contributed by atoms with Crippen molar-refractivity contribution in [3.8, 4) is 0 Å². The molecule has 0 saturated carbocycles. The zero-order valence-corrected chi connectivity index (χ0v) is 42.3. The van der Waals surface area contributed by atoms with Gasteiger partial charge < -0.3 is 14.2 Å². The highest BCUT2D eigenvalue weighted by Gasteiger charge is 2.19. The van der Waals surface area contributed by atoms with Crippen molar-refractivity contribution in [3.63, 3.8) is 0 Å². The van der Waals surface area contributed by atoms with Crippen molar-refractivity contribution < 1.29 is 28.6 Å². The molecular weight excluding hydrogens is 829 g/mol. The van der Waals surface area contributed by atoms with Crippen LogP contribution in [0.25, 0.3) is 0 Å². The van der Waals surface area contributed by atoms with E-state index in [2.05, 4.69) is 173 Å². The molecule has 0 aromatic heterocycles. The normalized spacial score (nSPS) is 13.4.